The highest BCUT2D eigenvalue weighted by molar-refractivity contribution is 5.85. The molecule has 2 heterocycles. The van der Waals surface area contributed by atoms with E-state index in [1.165, 1.54) is 0 Å². The first-order valence-corrected chi connectivity index (χ1v) is 8.24. The zero-order valence-corrected chi connectivity index (χ0v) is 14.7. The largest absolute Gasteiger partial charge is 0.480 e. The first-order valence-electron chi connectivity index (χ1n) is 8.24. The van der Waals surface area contributed by atoms with Crippen LogP contribution in [0.3, 0.4) is 0 Å². The number of carboxylic acids is 1. The van der Waals surface area contributed by atoms with E-state index in [2.05, 4.69) is 5.10 Å². The number of nitrogens with zero attached hydrogens (tertiary/aromatic N) is 3. The predicted molar refractivity (Wildman–Crippen MR) is 87.1 cm³/mol. The molecule has 1 aromatic rings. The number of hydrogen-bond donors (Lipinski definition) is 1. The van der Waals surface area contributed by atoms with Crippen LogP contribution in [0.5, 0.6) is 0 Å². The Morgan fingerprint density at radius 1 is 1.39 bits per heavy atom. The van der Waals surface area contributed by atoms with Crippen LogP contribution in [0.4, 0.5) is 0 Å². The highest BCUT2D eigenvalue weighted by atomic mass is 16.4. The minimum Gasteiger partial charge on any atom is -0.480 e. The van der Waals surface area contributed by atoms with Crippen molar-refractivity contribution in [3.05, 3.63) is 17.0 Å². The molecule has 1 amide bonds. The van der Waals surface area contributed by atoms with Gasteiger partial charge in [-0.15, -0.1) is 0 Å². The quantitative estimate of drug-likeness (QED) is 0.919. The lowest BCUT2D eigenvalue weighted by atomic mass is 9.90. The normalized spacial score (nSPS) is 22.9. The zero-order chi connectivity index (χ0) is 17.3. The van der Waals surface area contributed by atoms with E-state index < -0.39 is 12.0 Å². The van der Waals surface area contributed by atoms with Gasteiger partial charge in [-0.1, -0.05) is 13.8 Å². The van der Waals surface area contributed by atoms with Crippen molar-refractivity contribution in [3.8, 4) is 0 Å². The molecule has 3 unspecified atom stereocenters. The number of carbonyl (C=O) groups is 2. The van der Waals surface area contributed by atoms with Crippen LogP contribution in [-0.4, -0.2) is 44.3 Å². The van der Waals surface area contributed by atoms with E-state index in [4.69, 9.17) is 0 Å². The molecule has 6 nitrogen and oxygen atoms in total. The molecule has 1 N–H and O–H groups in total. The monoisotopic (exact) mass is 321 g/mol. The van der Waals surface area contributed by atoms with E-state index >= 15 is 0 Å². The molecule has 1 saturated heterocycles. The van der Waals surface area contributed by atoms with Gasteiger partial charge in [0.1, 0.15) is 6.04 Å². The second kappa shape index (κ2) is 6.72. The van der Waals surface area contributed by atoms with Crippen LogP contribution >= 0.6 is 0 Å². The summed E-state index contributed by atoms with van der Waals surface area (Å²) in [5.74, 6) is -0.858. The van der Waals surface area contributed by atoms with Crippen molar-refractivity contribution in [2.45, 2.75) is 53.0 Å². The van der Waals surface area contributed by atoms with Crippen LogP contribution < -0.4 is 0 Å². The summed E-state index contributed by atoms with van der Waals surface area (Å²) in [6.07, 6.45) is 2.01. The lowest BCUT2D eigenvalue weighted by molar-refractivity contribution is -0.154. The number of aryl methyl sites for hydroxylation is 2. The van der Waals surface area contributed by atoms with E-state index in [1.807, 2.05) is 39.4 Å². The average Bonchev–Trinajstić information content (AvgIpc) is 2.72. The number of likely N-dealkylation sites (tertiary alicyclic amines) is 1. The van der Waals surface area contributed by atoms with Gasteiger partial charge in [0.25, 0.3) is 0 Å². The minimum atomic E-state index is -0.897. The van der Waals surface area contributed by atoms with Crippen molar-refractivity contribution in [1.82, 2.24) is 14.7 Å². The molecule has 3 atom stereocenters. The molecule has 1 fully saturated rings. The van der Waals surface area contributed by atoms with Gasteiger partial charge in [-0.25, -0.2) is 4.79 Å². The molecular weight excluding hydrogens is 294 g/mol. The molecule has 0 aliphatic carbocycles. The number of aromatic nitrogens is 2. The lowest BCUT2D eigenvalue weighted by Gasteiger charge is -2.37. The maximum absolute atomic E-state index is 12.8. The molecule has 128 valence electrons. The van der Waals surface area contributed by atoms with Gasteiger partial charge in [0.2, 0.25) is 5.91 Å². The van der Waals surface area contributed by atoms with E-state index in [0.717, 1.165) is 23.4 Å². The first-order chi connectivity index (χ1) is 10.7. The minimum absolute atomic E-state index is 0.0630. The van der Waals surface area contributed by atoms with Gasteiger partial charge < -0.3 is 10.0 Å². The molecule has 0 aromatic carbocycles. The Labute approximate surface area is 137 Å². The van der Waals surface area contributed by atoms with Gasteiger partial charge in [0, 0.05) is 25.2 Å². The molecule has 1 aliphatic rings. The summed E-state index contributed by atoms with van der Waals surface area (Å²) >= 11 is 0. The van der Waals surface area contributed by atoms with Crippen LogP contribution in [0, 0.1) is 25.7 Å². The van der Waals surface area contributed by atoms with E-state index in [-0.39, 0.29) is 11.8 Å². The number of aliphatic carboxylic acids is 1. The average molecular weight is 321 g/mol. The van der Waals surface area contributed by atoms with Gasteiger partial charge in [-0.05, 0) is 44.6 Å². The third-order valence-corrected chi connectivity index (χ3v) is 5.02. The molecule has 0 bridgehead atoms. The van der Waals surface area contributed by atoms with Crippen molar-refractivity contribution in [2.75, 3.05) is 6.54 Å². The van der Waals surface area contributed by atoms with E-state index in [1.54, 1.807) is 4.90 Å². The van der Waals surface area contributed by atoms with Gasteiger partial charge in [-0.3, -0.25) is 9.48 Å². The van der Waals surface area contributed by atoms with Gasteiger partial charge in [-0.2, -0.15) is 5.10 Å². The van der Waals surface area contributed by atoms with Crippen molar-refractivity contribution in [3.63, 3.8) is 0 Å². The fraction of sp³-hybridized carbons (Fsp3) is 0.706. The number of amides is 1. The third-order valence-electron chi connectivity index (χ3n) is 5.02. The summed E-state index contributed by atoms with van der Waals surface area (Å²) in [4.78, 5) is 25.9. The van der Waals surface area contributed by atoms with Crippen LogP contribution in [0.2, 0.25) is 0 Å². The molecule has 0 spiro atoms. The smallest absolute Gasteiger partial charge is 0.326 e. The number of rotatable bonds is 4. The third kappa shape index (κ3) is 3.57. The van der Waals surface area contributed by atoms with Gasteiger partial charge in [0.15, 0.2) is 0 Å². The SMILES string of the molecule is Cc1nn(C)c(C)c1CC(C)C(=O)N1CCC(C)CC1C(=O)O. The molecule has 0 radical (unpaired) electrons. The van der Waals surface area contributed by atoms with Gasteiger partial charge in [0.05, 0.1) is 5.69 Å². The predicted octanol–water partition coefficient (Wildman–Crippen LogP) is 1.93. The summed E-state index contributed by atoms with van der Waals surface area (Å²) < 4.78 is 1.82. The Balaban J connectivity index is 2.13. The molecule has 6 heteroatoms. The van der Waals surface area contributed by atoms with E-state index in [9.17, 15) is 14.7 Å². The van der Waals surface area contributed by atoms with Gasteiger partial charge >= 0.3 is 5.97 Å². The highest BCUT2D eigenvalue weighted by Gasteiger charge is 2.36. The number of piperidine rings is 1. The summed E-state index contributed by atoms with van der Waals surface area (Å²) in [5.41, 5.74) is 3.08. The molecule has 0 saturated carbocycles. The maximum atomic E-state index is 12.8. The van der Waals surface area contributed by atoms with Crippen LogP contribution in [0.1, 0.15) is 43.6 Å². The number of carbonyl (C=O) groups excluding carboxylic acids is 1. The Bertz CT molecular complexity index is 608. The molecule has 1 aromatic heterocycles. The maximum Gasteiger partial charge on any atom is 0.326 e. The lowest BCUT2D eigenvalue weighted by Crippen LogP contribution is -2.51. The van der Waals surface area contributed by atoms with Crippen LogP contribution in [0.15, 0.2) is 0 Å². The van der Waals surface area contributed by atoms with Crippen molar-refractivity contribution in [1.29, 1.82) is 0 Å². The van der Waals surface area contributed by atoms with Crippen molar-refractivity contribution >= 4 is 11.9 Å². The Morgan fingerprint density at radius 3 is 2.57 bits per heavy atom. The second-order valence-corrected chi connectivity index (χ2v) is 6.89. The molecule has 1 aliphatic heterocycles. The summed E-state index contributed by atoms with van der Waals surface area (Å²) in [6.45, 7) is 8.40. The Morgan fingerprint density at radius 2 is 2.04 bits per heavy atom. The number of carboxylic acid groups (broad SMARTS) is 1. The highest BCUT2D eigenvalue weighted by Crippen LogP contribution is 2.26. The van der Waals surface area contributed by atoms with Crippen molar-refractivity contribution < 1.29 is 14.7 Å². The summed E-state index contributed by atoms with van der Waals surface area (Å²) in [7, 11) is 1.89. The Hall–Kier alpha value is -1.85. The first kappa shape index (κ1) is 17.5. The second-order valence-electron chi connectivity index (χ2n) is 6.89. The fourth-order valence-corrected chi connectivity index (χ4v) is 3.43. The number of hydrogen-bond acceptors (Lipinski definition) is 3. The fourth-order valence-electron chi connectivity index (χ4n) is 3.43. The van der Waals surface area contributed by atoms with Crippen LogP contribution in [0.25, 0.3) is 0 Å². The Kier molecular flexibility index (Phi) is 5.12. The molecule has 2 rings (SSSR count). The van der Waals surface area contributed by atoms with E-state index in [0.29, 0.717) is 25.3 Å². The summed E-state index contributed by atoms with van der Waals surface area (Å²) in [6, 6.07) is -0.690. The standard InChI is InChI=1S/C17H27N3O3/c1-10-6-7-20(15(8-10)17(22)23)16(21)11(2)9-14-12(3)18-19(5)13(14)4/h10-11,15H,6-9H2,1-5H3,(H,22,23). The molecular formula is C17H27N3O3. The summed E-state index contributed by atoms with van der Waals surface area (Å²) in [5, 5.41) is 13.8. The topological polar surface area (TPSA) is 75.4 Å². The van der Waals surface area contributed by atoms with Crippen molar-refractivity contribution in [2.24, 2.45) is 18.9 Å². The zero-order valence-electron chi connectivity index (χ0n) is 14.7. The van der Waals surface area contributed by atoms with Crippen LogP contribution in [-0.2, 0) is 23.1 Å². The molecule has 23 heavy (non-hydrogen) atoms.